The molecule has 7 nitrogen and oxygen atoms in total. The summed E-state index contributed by atoms with van der Waals surface area (Å²) in [6.07, 6.45) is -1.32. The monoisotopic (exact) mass is 410 g/mol. The zero-order valence-electron chi connectivity index (χ0n) is 15.5. The molecule has 0 unspecified atom stereocenters. The summed E-state index contributed by atoms with van der Waals surface area (Å²) in [5, 5.41) is 8.00. The topological polar surface area (TPSA) is 92.4 Å². The van der Waals surface area contributed by atoms with E-state index in [4.69, 9.17) is 0 Å². The molecule has 0 aliphatic heterocycles. The minimum Gasteiger partial charge on any atom is -0.372 e. The summed E-state index contributed by atoms with van der Waals surface area (Å²) in [6.45, 7) is -1.17. The van der Waals surface area contributed by atoms with Gasteiger partial charge in [-0.25, -0.2) is 4.79 Å². The lowest BCUT2D eigenvalue weighted by Gasteiger charge is -2.10. The van der Waals surface area contributed by atoms with E-state index in [1.54, 1.807) is 48.8 Å². The van der Waals surface area contributed by atoms with E-state index in [1.807, 2.05) is 0 Å². The molecule has 1 aromatic carbocycles. The highest BCUT2D eigenvalue weighted by Gasteiger charge is 2.27. The maximum Gasteiger partial charge on any atom is 0.411 e. The number of nitrogens with one attached hydrogen (secondary N) is 3. The molecule has 0 aliphatic rings. The highest BCUT2D eigenvalue weighted by atomic mass is 19.4. The van der Waals surface area contributed by atoms with Gasteiger partial charge in [-0.15, -0.1) is 0 Å². The Labute approximate surface area is 165 Å². The number of urea groups is 1. The fourth-order valence-corrected chi connectivity index (χ4v) is 2.26. The third-order valence-electron chi connectivity index (χ3n) is 3.62. The molecule has 0 atom stereocenters. The highest BCUT2D eigenvalue weighted by Crippen LogP contribution is 2.14. The smallest absolute Gasteiger partial charge is 0.372 e. The van der Waals surface area contributed by atoms with Gasteiger partial charge >= 0.3 is 12.2 Å². The van der Waals surface area contributed by atoms with Gasteiger partial charge in [-0.1, -0.05) is 12.1 Å². The largest absolute Gasteiger partial charge is 0.411 e. The molecule has 156 valence electrons. The van der Waals surface area contributed by atoms with Crippen molar-refractivity contribution in [2.75, 3.05) is 18.5 Å². The zero-order valence-corrected chi connectivity index (χ0v) is 15.5. The van der Waals surface area contributed by atoms with Crippen LogP contribution in [-0.2, 0) is 22.6 Å². The van der Waals surface area contributed by atoms with Crippen LogP contribution in [0.25, 0.3) is 0 Å². The summed E-state index contributed by atoms with van der Waals surface area (Å²) in [4.78, 5) is 27.5. The molecule has 0 saturated heterocycles. The van der Waals surface area contributed by atoms with Gasteiger partial charge in [0.1, 0.15) is 6.61 Å². The molecule has 1 heterocycles. The minimum absolute atomic E-state index is 0.173. The fraction of sp³-hybridized carbons (Fsp3) is 0.316. The van der Waals surface area contributed by atoms with Crippen LogP contribution in [0, 0.1) is 0 Å². The predicted octanol–water partition coefficient (Wildman–Crippen LogP) is 2.99. The second kappa shape index (κ2) is 11.0. The lowest BCUT2D eigenvalue weighted by molar-refractivity contribution is -0.174. The number of hydrogen-bond acceptors (Lipinski definition) is 4. The molecule has 0 saturated carbocycles. The summed E-state index contributed by atoms with van der Waals surface area (Å²) in [6, 6.07) is 10.0. The van der Waals surface area contributed by atoms with Crippen LogP contribution in [0.5, 0.6) is 0 Å². The molecule has 0 bridgehead atoms. The lowest BCUT2D eigenvalue weighted by Crippen LogP contribution is -2.28. The number of benzene rings is 1. The number of pyridine rings is 1. The Kier molecular flexibility index (Phi) is 8.41. The van der Waals surface area contributed by atoms with Gasteiger partial charge in [0.05, 0.1) is 6.61 Å². The first-order chi connectivity index (χ1) is 13.8. The van der Waals surface area contributed by atoms with Crippen LogP contribution in [0.2, 0.25) is 0 Å². The molecule has 3 N–H and O–H groups in total. The SMILES string of the molecule is O=C(CCOCC(F)(F)F)NCc1cccc(NC(=O)NCc2ccncc2)c1. The number of alkyl halides is 3. The maximum atomic E-state index is 12.0. The van der Waals surface area contributed by atoms with E-state index in [9.17, 15) is 22.8 Å². The maximum absolute atomic E-state index is 12.0. The van der Waals surface area contributed by atoms with E-state index in [0.717, 1.165) is 11.1 Å². The molecule has 3 amide bonds. The van der Waals surface area contributed by atoms with Crippen molar-refractivity contribution in [1.29, 1.82) is 0 Å². The predicted molar refractivity (Wildman–Crippen MR) is 99.9 cm³/mol. The van der Waals surface area contributed by atoms with Crippen LogP contribution in [0.1, 0.15) is 17.5 Å². The van der Waals surface area contributed by atoms with Crippen LogP contribution < -0.4 is 16.0 Å². The van der Waals surface area contributed by atoms with E-state index < -0.39 is 18.7 Å². The molecule has 1 aromatic heterocycles. The molecule has 0 radical (unpaired) electrons. The molecular formula is C19H21F3N4O3. The number of carbonyl (C=O) groups excluding carboxylic acids is 2. The first-order valence-electron chi connectivity index (χ1n) is 8.76. The van der Waals surface area contributed by atoms with Crippen molar-refractivity contribution in [2.24, 2.45) is 0 Å². The van der Waals surface area contributed by atoms with E-state index in [2.05, 4.69) is 25.7 Å². The van der Waals surface area contributed by atoms with Crippen molar-refractivity contribution in [1.82, 2.24) is 15.6 Å². The summed E-state index contributed by atoms with van der Waals surface area (Å²) >= 11 is 0. The van der Waals surface area contributed by atoms with Gasteiger partial charge in [0.15, 0.2) is 0 Å². The average molecular weight is 410 g/mol. The van der Waals surface area contributed by atoms with Crippen molar-refractivity contribution in [2.45, 2.75) is 25.7 Å². The second-order valence-corrected chi connectivity index (χ2v) is 6.06. The van der Waals surface area contributed by atoms with Crippen LogP contribution in [0.3, 0.4) is 0 Å². The van der Waals surface area contributed by atoms with Gasteiger partial charge in [0.25, 0.3) is 0 Å². The van der Waals surface area contributed by atoms with E-state index in [0.29, 0.717) is 12.2 Å². The Morgan fingerprint density at radius 3 is 2.45 bits per heavy atom. The standard InChI is InChI=1S/C19H21F3N4O3/c20-19(21,22)13-29-9-6-17(27)24-12-15-2-1-3-16(10-15)26-18(28)25-11-14-4-7-23-8-5-14/h1-5,7-8,10H,6,9,11-13H2,(H,24,27)(H2,25,26,28). The molecular weight excluding hydrogens is 389 g/mol. The number of hydrogen-bond donors (Lipinski definition) is 3. The van der Waals surface area contributed by atoms with E-state index >= 15 is 0 Å². The Balaban J connectivity index is 1.71. The van der Waals surface area contributed by atoms with Crippen molar-refractivity contribution >= 4 is 17.6 Å². The van der Waals surface area contributed by atoms with Gasteiger partial charge in [-0.05, 0) is 35.4 Å². The number of ether oxygens (including phenoxy) is 1. The number of halogens is 3. The number of anilines is 1. The Bertz CT molecular complexity index is 801. The van der Waals surface area contributed by atoms with Crippen molar-refractivity contribution in [3.63, 3.8) is 0 Å². The zero-order chi connectivity index (χ0) is 21.1. The van der Waals surface area contributed by atoms with Crippen LogP contribution in [0.15, 0.2) is 48.8 Å². The van der Waals surface area contributed by atoms with Gasteiger partial charge in [-0.3, -0.25) is 9.78 Å². The number of carbonyl (C=O) groups is 2. The molecule has 10 heteroatoms. The third-order valence-corrected chi connectivity index (χ3v) is 3.62. The van der Waals surface area contributed by atoms with Gasteiger partial charge < -0.3 is 20.7 Å². The number of nitrogens with zero attached hydrogens (tertiary/aromatic N) is 1. The Morgan fingerprint density at radius 2 is 1.72 bits per heavy atom. The van der Waals surface area contributed by atoms with Crippen LogP contribution >= 0.6 is 0 Å². The first kappa shape index (κ1) is 22.2. The molecule has 0 spiro atoms. The second-order valence-electron chi connectivity index (χ2n) is 6.06. The molecule has 2 aromatic rings. The third kappa shape index (κ3) is 9.56. The highest BCUT2D eigenvalue weighted by molar-refractivity contribution is 5.89. The average Bonchev–Trinajstić information content (AvgIpc) is 2.68. The lowest BCUT2D eigenvalue weighted by atomic mass is 10.2. The quantitative estimate of drug-likeness (QED) is 0.554. The van der Waals surface area contributed by atoms with E-state index in [1.165, 1.54) is 0 Å². The van der Waals surface area contributed by atoms with Gasteiger partial charge in [0.2, 0.25) is 5.91 Å². The normalized spacial score (nSPS) is 11.0. The Morgan fingerprint density at radius 1 is 1.00 bits per heavy atom. The minimum atomic E-state index is -4.41. The molecule has 0 aliphatic carbocycles. The number of rotatable bonds is 9. The first-order valence-corrected chi connectivity index (χ1v) is 8.76. The summed E-state index contributed by atoms with van der Waals surface area (Å²) < 4.78 is 40.2. The van der Waals surface area contributed by atoms with Crippen molar-refractivity contribution in [3.05, 3.63) is 59.9 Å². The molecule has 29 heavy (non-hydrogen) atoms. The molecule has 0 fully saturated rings. The Hall–Kier alpha value is -3.14. The van der Waals surface area contributed by atoms with Gasteiger partial charge in [-0.2, -0.15) is 13.2 Å². The van der Waals surface area contributed by atoms with Crippen LogP contribution in [-0.4, -0.2) is 36.3 Å². The summed E-state index contributed by atoms with van der Waals surface area (Å²) in [5.74, 6) is -0.430. The summed E-state index contributed by atoms with van der Waals surface area (Å²) in [5.41, 5.74) is 2.17. The van der Waals surface area contributed by atoms with E-state index in [-0.39, 0.29) is 25.6 Å². The number of amides is 3. The van der Waals surface area contributed by atoms with Crippen molar-refractivity contribution < 1.29 is 27.5 Å². The number of aromatic nitrogens is 1. The molecule has 2 rings (SSSR count). The summed E-state index contributed by atoms with van der Waals surface area (Å²) in [7, 11) is 0. The van der Waals surface area contributed by atoms with Crippen LogP contribution in [0.4, 0.5) is 23.7 Å². The van der Waals surface area contributed by atoms with Gasteiger partial charge in [0, 0.05) is 37.6 Å². The fourth-order valence-electron chi connectivity index (χ4n) is 2.26. The van der Waals surface area contributed by atoms with Crippen molar-refractivity contribution in [3.8, 4) is 0 Å².